The lowest BCUT2D eigenvalue weighted by atomic mass is 10.00. The second kappa shape index (κ2) is 10.5. The molecule has 0 bridgehead atoms. The van der Waals surface area contributed by atoms with Crippen LogP contribution in [0.15, 0.2) is 72.8 Å². The number of rotatable bonds is 6. The van der Waals surface area contributed by atoms with E-state index in [1.165, 1.54) is 0 Å². The van der Waals surface area contributed by atoms with Gasteiger partial charge >= 0.3 is 12.4 Å². The summed E-state index contributed by atoms with van der Waals surface area (Å²) < 4.78 is 114. The van der Waals surface area contributed by atoms with Crippen molar-refractivity contribution < 1.29 is 49.7 Å². The van der Waals surface area contributed by atoms with Gasteiger partial charge in [0.05, 0.1) is 32.1 Å². The van der Waals surface area contributed by atoms with Crippen LogP contribution < -0.4 is 4.74 Å². The number of hydrogen-bond acceptors (Lipinski definition) is 5. The SMILES string of the molecule is O=[N+]([O-])c1ccc(Oc2ccc([N+](=O)[O-])c(-c3ccc(C(F)(F)F)cc3)c2F)c(F)c1-c1ccc(C(F)(F)F)cc1. The normalized spacial score (nSPS) is 11.8. The molecule has 0 aromatic heterocycles. The van der Waals surface area contributed by atoms with Gasteiger partial charge in [0.1, 0.15) is 0 Å². The van der Waals surface area contributed by atoms with Crippen molar-refractivity contribution in [1.29, 1.82) is 0 Å². The lowest BCUT2D eigenvalue weighted by Crippen LogP contribution is -2.05. The molecule has 4 aromatic rings. The van der Waals surface area contributed by atoms with E-state index in [4.69, 9.17) is 4.74 Å². The van der Waals surface area contributed by atoms with Crippen molar-refractivity contribution in [2.24, 2.45) is 0 Å². The predicted octanol–water partition coefficient (Wildman–Crippen LogP) is 8.95. The van der Waals surface area contributed by atoms with Crippen molar-refractivity contribution in [2.75, 3.05) is 0 Å². The fourth-order valence-corrected chi connectivity index (χ4v) is 3.87. The molecule has 0 aliphatic carbocycles. The summed E-state index contributed by atoms with van der Waals surface area (Å²) in [6.45, 7) is 0. The van der Waals surface area contributed by atoms with Gasteiger partial charge in [0.2, 0.25) is 0 Å². The summed E-state index contributed by atoms with van der Waals surface area (Å²) in [6.07, 6.45) is -9.49. The third-order valence-electron chi connectivity index (χ3n) is 5.78. The van der Waals surface area contributed by atoms with E-state index in [9.17, 15) is 46.6 Å². The van der Waals surface area contributed by atoms with Crippen LogP contribution in [-0.4, -0.2) is 9.85 Å². The van der Waals surface area contributed by atoms with E-state index in [2.05, 4.69) is 0 Å². The summed E-state index contributed by atoms with van der Waals surface area (Å²) >= 11 is 0. The molecule has 212 valence electrons. The summed E-state index contributed by atoms with van der Waals surface area (Å²) in [6, 6.07) is 8.39. The summed E-state index contributed by atoms with van der Waals surface area (Å²) in [5, 5.41) is 23.0. The van der Waals surface area contributed by atoms with E-state index in [0.29, 0.717) is 24.3 Å². The van der Waals surface area contributed by atoms with Gasteiger partial charge in [-0.2, -0.15) is 26.3 Å². The largest absolute Gasteiger partial charge is 0.451 e. The lowest BCUT2D eigenvalue weighted by molar-refractivity contribution is -0.384. The summed E-state index contributed by atoms with van der Waals surface area (Å²) in [5.41, 5.74) is -6.20. The van der Waals surface area contributed by atoms with Gasteiger partial charge in [-0.25, -0.2) is 8.78 Å². The van der Waals surface area contributed by atoms with Gasteiger partial charge < -0.3 is 4.74 Å². The highest BCUT2D eigenvalue weighted by atomic mass is 19.4. The van der Waals surface area contributed by atoms with Gasteiger partial charge in [-0.15, -0.1) is 0 Å². The van der Waals surface area contributed by atoms with Gasteiger partial charge in [-0.05, 0) is 47.5 Å². The lowest BCUT2D eigenvalue weighted by Gasteiger charge is -2.14. The highest BCUT2D eigenvalue weighted by Crippen LogP contribution is 2.43. The minimum absolute atomic E-state index is 0.345. The highest BCUT2D eigenvalue weighted by molar-refractivity contribution is 5.78. The van der Waals surface area contributed by atoms with E-state index < -0.39 is 79.0 Å². The van der Waals surface area contributed by atoms with Crippen LogP contribution in [0.3, 0.4) is 0 Å². The second-order valence-electron chi connectivity index (χ2n) is 8.31. The summed E-state index contributed by atoms with van der Waals surface area (Å²) in [7, 11) is 0. The number of nitro groups is 2. The zero-order valence-electron chi connectivity index (χ0n) is 19.9. The molecule has 7 nitrogen and oxygen atoms in total. The van der Waals surface area contributed by atoms with E-state index in [-0.39, 0.29) is 11.1 Å². The number of halogens is 8. The number of nitrogens with zero attached hydrogens (tertiary/aromatic N) is 2. The Morgan fingerprint density at radius 2 is 0.854 bits per heavy atom. The first-order valence-electron chi connectivity index (χ1n) is 11.1. The maximum Gasteiger partial charge on any atom is 0.416 e. The molecule has 0 aliphatic heterocycles. The molecule has 0 spiro atoms. The first-order valence-corrected chi connectivity index (χ1v) is 11.1. The van der Waals surface area contributed by atoms with Crippen molar-refractivity contribution in [3.05, 3.63) is 116 Å². The van der Waals surface area contributed by atoms with Gasteiger partial charge in [0.25, 0.3) is 11.4 Å². The fourth-order valence-electron chi connectivity index (χ4n) is 3.87. The molecule has 0 saturated carbocycles. The van der Waals surface area contributed by atoms with Crippen LogP contribution in [0.4, 0.5) is 46.5 Å². The molecule has 0 aliphatic rings. The van der Waals surface area contributed by atoms with Crippen molar-refractivity contribution in [3.8, 4) is 33.8 Å². The molecule has 15 heteroatoms. The molecule has 4 aromatic carbocycles. The Hall–Kier alpha value is -5.08. The van der Waals surface area contributed by atoms with E-state index >= 15 is 8.78 Å². The van der Waals surface area contributed by atoms with Crippen molar-refractivity contribution >= 4 is 11.4 Å². The first kappa shape index (κ1) is 28.9. The molecule has 0 amide bonds. The third-order valence-corrected chi connectivity index (χ3v) is 5.78. The minimum atomic E-state index is -4.74. The van der Waals surface area contributed by atoms with E-state index in [0.717, 1.165) is 48.5 Å². The topological polar surface area (TPSA) is 95.5 Å². The van der Waals surface area contributed by atoms with Crippen molar-refractivity contribution in [2.45, 2.75) is 12.4 Å². The standard InChI is InChI=1S/C26H12F8N2O5/c27-23-19(11-9-17(35(37)38)21(23)13-1-5-15(6-2-13)25(29,30)31)41-20-12-10-18(36(39)40)22(24(20)28)14-3-7-16(8-4-14)26(32,33)34/h1-12H. The molecule has 0 unspecified atom stereocenters. The zero-order chi connectivity index (χ0) is 30.3. The predicted molar refractivity (Wildman–Crippen MR) is 127 cm³/mol. The monoisotopic (exact) mass is 584 g/mol. The highest BCUT2D eigenvalue weighted by Gasteiger charge is 2.33. The molecular formula is C26H12F8N2O5. The van der Waals surface area contributed by atoms with Crippen LogP contribution in [0.25, 0.3) is 22.3 Å². The van der Waals surface area contributed by atoms with Crippen LogP contribution in [0.1, 0.15) is 11.1 Å². The Balaban J connectivity index is 1.82. The number of nitro benzene ring substituents is 2. The van der Waals surface area contributed by atoms with E-state index in [1.807, 2.05) is 0 Å². The molecule has 0 saturated heterocycles. The molecule has 41 heavy (non-hydrogen) atoms. The second-order valence-corrected chi connectivity index (χ2v) is 8.31. The maximum atomic E-state index is 15.5. The van der Waals surface area contributed by atoms with Gasteiger partial charge in [-0.3, -0.25) is 20.2 Å². The van der Waals surface area contributed by atoms with Gasteiger partial charge in [0, 0.05) is 12.1 Å². The molecule has 0 heterocycles. The van der Waals surface area contributed by atoms with Crippen LogP contribution in [0.5, 0.6) is 11.5 Å². The molecule has 0 N–H and O–H groups in total. The first-order chi connectivity index (χ1) is 19.1. The molecule has 4 rings (SSSR count). The Labute approximate surface area is 223 Å². The summed E-state index contributed by atoms with van der Waals surface area (Å²) in [4.78, 5) is 21.0. The van der Waals surface area contributed by atoms with Gasteiger partial charge in [-0.1, -0.05) is 24.3 Å². The smallest absolute Gasteiger partial charge is 0.416 e. The number of hydrogen-bond donors (Lipinski definition) is 0. The Morgan fingerprint density at radius 3 is 1.12 bits per heavy atom. The van der Waals surface area contributed by atoms with Crippen LogP contribution in [0.2, 0.25) is 0 Å². The fraction of sp³-hybridized carbons (Fsp3) is 0.0769. The van der Waals surface area contributed by atoms with Crippen molar-refractivity contribution in [1.82, 2.24) is 0 Å². The van der Waals surface area contributed by atoms with Crippen LogP contribution in [0, 0.1) is 31.9 Å². The zero-order valence-corrected chi connectivity index (χ0v) is 19.9. The number of benzene rings is 4. The Bertz CT molecular complexity index is 1530. The molecule has 0 radical (unpaired) electrons. The number of ether oxygens (including phenoxy) is 1. The molecule has 0 atom stereocenters. The van der Waals surface area contributed by atoms with Crippen LogP contribution in [-0.2, 0) is 12.4 Å². The Morgan fingerprint density at radius 1 is 0.537 bits per heavy atom. The van der Waals surface area contributed by atoms with Crippen LogP contribution >= 0.6 is 0 Å². The average Bonchev–Trinajstić information content (AvgIpc) is 2.89. The van der Waals surface area contributed by atoms with Crippen molar-refractivity contribution in [3.63, 3.8) is 0 Å². The number of alkyl halides is 6. The Kier molecular flexibility index (Phi) is 7.39. The quantitative estimate of drug-likeness (QED) is 0.128. The van der Waals surface area contributed by atoms with Gasteiger partial charge in [0.15, 0.2) is 23.1 Å². The molecule has 0 fully saturated rings. The molecular weight excluding hydrogens is 572 g/mol. The maximum absolute atomic E-state index is 15.5. The summed E-state index contributed by atoms with van der Waals surface area (Å²) in [5.74, 6) is -4.60. The average molecular weight is 584 g/mol. The van der Waals surface area contributed by atoms with E-state index in [1.54, 1.807) is 0 Å². The minimum Gasteiger partial charge on any atom is -0.451 e. The third kappa shape index (κ3) is 5.78.